The van der Waals surface area contributed by atoms with E-state index in [0.29, 0.717) is 0 Å². The van der Waals surface area contributed by atoms with E-state index in [1.165, 1.54) is 0 Å². The topological polar surface area (TPSA) is 378 Å². The summed E-state index contributed by atoms with van der Waals surface area (Å²) in [5.74, 6) is -5.67. The third-order valence-corrected chi connectivity index (χ3v) is 8.13. The van der Waals surface area contributed by atoms with Crippen LogP contribution in [-0.2, 0) is 47.9 Å². The van der Waals surface area contributed by atoms with Crippen LogP contribution in [0.5, 0.6) is 0 Å². The predicted molar refractivity (Wildman–Crippen MR) is 140 cm³/mol. The molecule has 0 aliphatic carbocycles. The number of aliphatic hydroxyl groups excluding tert-OH is 10. The number of carboxylic acids is 1. The van der Waals surface area contributed by atoms with Gasteiger partial charge in [-0.2, -0.15) is 8.42 Å². The second-order valence-corrected chi connectivity index (χ2v) is 12.1. The van der Waals surface area contributed by atoms with Gasteiger partial charge in [0.05, 0.1) is 25.9 Å². The Bertz CT molecular complexity index is 1180. The molecule has 0 aromatic carbocycles. The Morgan fingerprint density at radius 3 is 2.11 bits per heavy atom. The van der Waals surface area contributed by atoms with Crippen molar-refractivity contribution in [3.8, 4) is 0 Å². The number of carbonyl (C=O) groups excluding carboxylic acids is 1. The number of aliphatic hydroxyl groups is 10. The predicted octanol–water partition coefficient (Wildman–Crippen LogP) is -8.40. The van der Waals surface area contributed by atoms with Gasteiger partial charge in [0.15, 0.2) is 12.6 Å². The van der Waals surface area contributed by atoms with Crippen LogP contribution in [0.4, 0.5) is 0 Å². The fraction of sp³-hybridized carbons (Fsp3) is 0.913. The van der Waals surface area contributed by atoms with Crippen LogP contribution < -0.4 is 5.32 Å². The smallest absolute Gasteiger partial charge is 0.397 e. The minimum atomic E-state index is -5.32. The molecule has 3 heterocycles. The third kappa shape index (κ3) is 9.07. The van der Waals surface area contributed by atoms with E-state index in [9.17, 15) is 69.1 Å². The van der Waals surface area contributed by atoms with Crippen molar-refractivity contribution in [1.29, 1.82) is 0 Å². The summed E-state index contributed by atoms with van der Waals surface area (Å²) < 4.78 is 62.7. The van der Waals surface area contributed by atoms with Crippen molar-refractivity contribution in [1.82, 2.24) is 5.32 Å². The Morgan fingerprint density at radius 1 is 0.957 bits per heavy atom. The Labute approximate surface area is 265 Å². The highest BCUT2D eigenvalue weighted by Gasteiger charge is 2.57. The van der Waals surface area contributed by atoms with Crippen LogP contribution in [-0.4, -0.2) is 198 Å². The molecule has 3 rings (SSSR count). The number of amides is 1. The van der Waals surface area contributed by atoms with Gasteiger partial charge in [-0.1, -0.05) is 0 Å². The Kier molecular flexibility index (Phi) is 13.4. The van der Waals surface area contributed by atoms with E-state index < -0.39 is 146 Å². The molecule has 1 unspecified atom stereocenters. The quantitative estimate of drug-likeness (QED) is 0.0788. The second-order valence-electron chi connectivity index (χ2n) is 11.0. The van der Waals surface area contributed by atoms with Gasteiger partial charge in [-0.3, -0.25) is 9.35 Å². The second kappa shape index (κ2) is 15.8. The number of rotatable bonds is 13. The van der Waals surface area contributed by atoms with Crippen LogP contribution >= 0.6 is 0 Å². The molecule has 16 atom stereocenters. The van der Waals surface area contributed by atoms with Crippen molar-refractivity contribution in [2.75, 3.05) is 19.8 Å². The summed E-state index contributed by atoms with van der Waals surface area (Å²) in [7, 11) is -5.32. The van der Waals surface area contributed by atoms with Crippen molar-refractivity contribution in [2.45, 2.75) is 111 Å². The first kappa shape index (κ1) is 39.6. The lowest BCUT2D eigenvalue weighted by molar-refractivity contribution is -0.354. The molecule has 0 radical (unpaired) electrons. The standard InChI is InChI=1S/C23H39NO22S/c1-6(27)24-11-17(44-21-16(34)19(46-47(38,39)40)14(32)9(4-26)43-21)15(33)10(42-20(11)35)5-41-23(22(36)37)2-7(28)12(30)18(45-23)13(31)8(29)3-25/h7-21,25-26,28-35H,2-5H2,1H3,(H,24,27)(H,36,37)(H,38,39,40)/t7-,8+,9+,10+,11+,12+,13+,14-,15-,16+,17+,18+,19-,20?,21-,23+/m0/s1. The lowest BCUT2D eigenvalue weighted by atomic mass is 9.90. The largest absolute Gasteiger partial charge is 0.477 e. The lowest BCUT2D eigenvalue weighted by Gasteiger charge is -2.48. The maximum Gasteiger partial charge on any atom is 0.397 e. The van der Waals surface area contributed by atoms with Crippen LogP contribution in [0.3, 0.4) is 0 Å². The van der Waals surface area contributed by atoms with E-state index in [1.807, 2.05) is 0 Å². The van der Waals surface area contributed by atoms with Crippen molar-refractivity contribution >= 4 is 22.3 Å². The SMILES string of the molecule is CC(=O)N[C@H]1C(O)O[C@H](CO[C@]2(C(=O)O)C[C@H](O)[C@@H](O)[C@H]([C@H](O)[C@H](O)CO)O2)[C@H](O)[C@@H]1O[C@@H]1O[C@H](CO)[C@H](O)[C@H](OS(=O)(=O)O)[C@H]1O. The number of hydrogen-bond acceptors (Lipinski definition) is 20. The molecule has 0 spiro atoms. The molecule has 3 fully saturated rings. The van der Waals surface area contributed by atoms with Crippen molar-refractivity contribution < 1.29 is 107 Å². The Morgan fingerprint density at radius 2 is 1.57 bits per heavy atom. The third-order valence-electron chi connectivity index (χ3n) is 7.67. The normalized spacial score (nSPS) is 42.8. The molecular weight excluding hydrogens is 674 g/mol. The molecule has 13 N–H and O–H groups in total. The molecule has 0 bridgehead atoms. The molecular formula is C23H39NO22S. The number of nitrogens with one attached hydrogen (secondary N) is 1. The van der Waals surface area contributed by atoms with Crippen molar-refractivity contribution in [2.24, 2.45) is 0 Å². The summed E-state index contributed by atoms with van der Waals surface area (Å²) >= 11 is 0. The molecule has 47 heavy (non-hydrogen) atoms. The van der Waals surface area contributed by atoms with E-state index in [2.05, 4.69) is 9.50 Å². The molecule has 23 nitrogen and oxygen atoms in total. The maximum atomic E-state index is 12.3. The molecule has 1 amide bonds. The molecule has 0 aromatic heterocycles. The Hall–Kier alpha value is -1.79. The lowest BCUT2D eigenvalue weighted by Crippen LogP contribution is -2.68. The highest BCUT2D eigenvalue weighted by molar-refractivity contribution is 7.80. The van der Waals surface area contributed by atoms with Gasteiger partial charge in [0.2, 0.25) is 5.91 Å². The van der Waals surface area contributed by atoms with Gasteiger partial charge < -0.3 is 85.2 Å². The highest BCUT2D eigenvalue weighted by Crippen LogP contribution is 2.35. The van der Waals surface area contributed by atoms with Gasteiger partial charge >= 0.3 is 16.4 Å². The average Bonchev–Trinajstić information content (AvgIpc) is 2.99. The fourth-order valence-electron chi connectivity index (χ4n) is 5.26. The van der Waals surface area contributed by atoms with Crippen LogP contribution in [0.1, 0.15) is 13.3 Å². The van der Waals surface area contributed by atoms with Gasteiger partial charge in [0.1, 0.15) is 73.2 Å². The van der Waals surface area contributed by atoms with E-state index in [1.54, 1.807) is 0 Å². The molecule has 3 aliphatic rings. The zero-order valence-electron chi connectivity index (χ0n) is 24.3. The van der Waals surface area contributed by atoms with Crippen molar-refractivity contribution in [3.63, 3.8) is 0 Å². The summed E-state index contributed by atoms with van der Waals surface area (Å²) in [6.07, 6.45) is -29.4. The monoisotopic (exact) mass is 713 g/mol. The number of ether oxygens (including phenoxy) is 5. The maximum absolute atomic E-state index is 12.3. The van der Waals surface area contributed by atoms with Gasteiger partial charge in [-0.05, 0) is 0 Å². The summed E-state index contributed by atoms with van der Waals surface area (Å²) in [5.41, 5.74) is 0. The molecule has 274 valence electrons. The zero-order chi connectivity index (χ0) is 35.6. The zero-order valence-corrected chi connectivity index (χ0v) is 25.2. The van der Waals surface area contributed by atoms with Crippen LogP contribution in [0.25, 0.3) is 0 Å². The van der Waals surface area contributed by atoms with E-state index >= 15 is 0 Å². The minimum absolute atomic E-state index is 0.822. The number of carbonyl (C=O) groups is 2. The Balaban J connectivity index is 1.88. The molecule has 0 saturated carbocycles. The van der Waals surface area contributed by atoms with E-state index in [0.717, 1.165) is 6.92 Å². The van der Waals surface area contributed by atoms with Gasteiger partial charge in [0, 0.05) is 13.3 Å². The molecule has 24 heteroatoms. The van der Waals surface area contributed by atoms with Crippen LogP contribution in [0.2, 0.25) is 0 Å². The number of hydrogen-bond donors (Lipinski definition) is 13. The summed E-state index contributed by atoms with van der Waals surface area (Å²) in [4.78, 5) is 24.2. The summed E-state index contributed by atoms with van der Waals surface area (Å²) in [6, 6.07) is -1.70. The van der Waals surface area contributed by atoms with Crippen LogP contribution in [0.15, 0.2) is 0 Å². The van der Waals surface area contributed by atoms with E-state index in [-0.39, 0.29) is 0 Å². The molecule has 0 aromatic rings. The van der Waals surface area contributed by atoms with Gasteiger partial charge in [-0.15, -0.1) is 0 Å². The fourth-order valence-corrected chi connectivity index (χ4v) is 5.77. The summed E-state index contributed by atoms with van der Waals surface area (Å²) in [6.45, 7) is -2.14. The van der Waals surface area contributed by atoms with E-state index in [4.69, 9.17) is 33.3 Å². The first-order chi connectivity index (χ1) is 21.8. The first-order valence-corrected chi connectivity index (χ1v) is 15.2. The average molecular weight is 714 g/mol. The number of aliphatic carboxylic acids is 1. The van der Waals surface area contributed by atoms with Gasteiger partial charge in [0.25, 0.3) is 5.79 Å². The molecule has 3 aliphatic heterocycles. The number of carboxylic acid groups (broad SMARTS) is 1. The highest BCUT2D eigenvalue weighted by atomic mass is 32.3. The molecule has 3 saturated heterocycles. The minimum Gasteiger partial charge on any atom is -0.477 e. The van der Waals surface area contributed by atoms with Crippen LogP contribution in [0, 0.1) is 0 Å². The first-order valence-electron chi connectivity index (χ1n) is 13.9. The van der Waals surface area contributed by atoms with Crippen molar-refractivity contribution in [3.05, 3.63) is 0 Å². The van der Waals surface area contributed by atoms with Gasteiger partial charge in [-0.25, -0.2) is 8.98 Å². The summed E-state index contributed by atoms with van der Waals surface area (Å²) in [5, 5.41) is 114.